The summed E-state index contributed by atoms with van der Waals surface area (Å²) in [6.07, 6.45) is -3.55. The second-order valence-corrected chi connectivity index (χ2v) is 10.7. The van der Waals surface area contributed by atoms with Crippen LogP contribution >= 0.6 is 0 Å². The number of nitrogens with one attached hydrogen (secondary N) is 2. The maximum Gasteiger partial charge on any atom is 0.490 e. The fourth-order valence-corrected chi connectivity index (χ4v) is 4.96. The van der Waals surface area contributed by atoms with Crippen molar-refractivity contribution in [3.05, 3.63) is 131 Å². The minimum absolute atomic E-state index is 0.0200. The zero-order valence-corrected chi connectivity index (χ0v) is 25.9. The molecule has 0 aliphatic carbocycles. The Balaban J connectivity index is 0.000000804. The molecule has 0 spiro atoms. The number of aryl methyl sites for hydroxylation is 1. The first-order valence-electron chi connectivity index (χ1n) is 15.0. The molecule has 0 heterocycles. The van der Waals surface area contributed by atoms with Crippen LogP contribution in [-0.2, 0) is 32.8 Å². The summed E-state index contributed by atoms with van der Waals surface area (Å²) in [5, 5.41) is 23.4. The van der Waals surface area contributed by atoms with Crippen molar-refractivity contribution in [3.63, 3.8) is 0 Å². The molecule has 0 aromatic heterocycles. The molecule has 9 nitrogen and oxygen atoms in total. The monoisotopic (exact) mass is 663 g/mol. The van der Waals surface area contributed by atoms with Crippen LogP contribution in [0.15, 0.2) is 109 Å². The number of aliphatic carboxylic acids is 2. The summed E-state index contributed by atoms with van der Waals surface area (Å²) < 4.78 is 31.7. The summed E-state index contributed by atoms with van der Waals surface area (Å²) in [5.41, 5.74) is 8.17. The number of hydrogen-bond acceptors (Lipinski definition) is 5. The Kier molecular flexibility index (Phi) is 13.4. The molecule has 4 aromatic carbocycles. The van der Waals surface area contributed by atoms with E-state index in [9.17, 15) is 32.7 Å². The number of carbonyl (C=O) groups is 4. The molecule has 0 aliphatic heterocycles. The number of rotatable bonds is 13. The number of amides is 2. The van der Waals surface area contributed by atoms with E-state index >= 15 is 0 Å². The third-order valence-corrected chi connectivity index (χ3v) is 7.25. The van der Waals surface area contributed by atoms with Gasteiger partial charge >= 0.3 is 18.1 Å². The number of carbonyl (C=O) groups excluding carboxylic acids is 2. The second kappa shape index (κ2) is 17.4. The van der Waals surface area contributed by atoms with Gasteiger partial charge in [-0.3, -0.25) is 9.59 Å². The standard InChI is InChI=1S/C34H35N3O4.C2HF3O2/c35-21-22-36-32(39)30-19-8-7-18-29(30)27-15-9-14-26(23-27)24-34(33(40)41,28-16-5-2-6-17-28)37-31(38)20-10-13-25-11-3-1-4-12-25;3-2(4,5)1(6)7/h1-9,11-12,14-19,23H,10,13,20-22,24,35H2,(H,36,39)(H,37,38)(H,40,41);(H,6,7). The lowest BCUT2D eigenvalue weighted by molar-refractivity contribution is -0.192. The molecule has 1 unspecified atom stereocenters. The molecular weight excluding hydrogens is 627 g/mol. The third kappa shape index (κ3) is 10.5. The predicted octanol–water partition coefficient (Wildman–Crippen LogP) is 5.34. The number of carboxylic acid groups (broad SMARTS) is 2. The van der Waals surface area contributed by atoms with E-state index in [1.54, 1.807) is 36.4 Å². The van der Waals surface area contributed by atoms with Crippen molar-refractivity contribution < 1.29 is 42.6 Å². The van der Waals surface area contributed by atoms with Crippen molar-refractivity contribution in [2.45, 2.75) is 37.4 Å². The van der Waals surface area contributed by atoms with Crippen LogP contribution in [0, 0.1) is 0 Å². The number of benzene rings is 4. The summed E-state index contributed by atoms with van der Waals surface area (Å²) in [5.74, 6) is -4.46. The van der Waals surface area contributed by atoms with Gasteiger partial charge in [-0.15, -0.1) is 0 Å². The molecule has 1 atom stereocenters. The number of carboxylic acids is 2. The van der Waals surface area contributed by atoms with Crippen molar-refractivity contribution in [1.82, 2.24) is 10.6 Å². The van der Waals surface area contributed by atoms with E-state index in [0.29, 0.717) is 36.2 Å². The summed E-state index contributed by atoms with van der Waals surface area (Å²) >= 11 is 0. The van der Waals surface area contributed by atoms with E-state index in [4.69, 9.17) is 15.6 Å². The van der Waals surface area contributed by atoms with Gasteiger partial charge in [-0.05, 0) is 46.7 Å². The molecule has 6 N–H and O–H groups in total. The van der Waals surface area contributed by atoms with Crippen LogP contribution in [0.2, 0.25) is 0 Å². The first kappa shape index (κ1) is 37.0. The van der Waals surface area contributed by atoms with Gasteiger partial charge in [0.05, 0.1) is 0 Å². The summed E-state index contributed by atoms with van der Waals surface area (Å²) in [6.45, 7) is 0.689. The van der Waals surface area contributed by atoms with Gasteiger partial charge in [0.2, 0.25) is 5.91 Å². The summed E-state index contributed by atoms with van der Waals surface area (Å²) in [6, 6.07) is 33.3. The maximum absolute atomic E-state index is 13.2. The van der Waals surface area contributed by atoms with E-state index in [0.717, 1.165) is 23.1 Å². The van der Waals surface area contributed by atoms with Crippen LogP contribution in [0.3, 0.4) is 0 Å². The van der Waals surface area contributed by atoms with Crippen molar-refractivity contribution in [2.75, 3.05) is 13.1 Å². The van der Waals surface area contributed by atoms with Crippen LogP contribution in [-0.4, -0.2) is 53.2 Å². The van der Waals surface area contributed by atoms with Crippen molar-refractivity contribution in [1.29, 1.82) is 0 Å². The molecule has 0 fully saturated rings. The smallest absolute Gasteiger partial charge is 0.479 e. The van der Waals surface area contributed by atoms with Gasteiger partial charge in [0, 0.05) is 31.5 Å². The lowest BCUT2D eigenvalue weighted by Gasteiger charge is -2.31. The number of nitrogens with two attached hydrogens (primary N) is 1. The molecule has 4 rings (SSSR count). The van der Waals surface area contributed by atoms with E-state index in [1.807, 2.05) is 72.8 Å². The van der Waals surface area contributed by atoms with Crippen molar-refractivity contribution in [3.8, 4) is 11.1 Å². The van der Waals surface area contributed by atoms with Gasteiger partial charge in [0.15, 0.2) is 5.54 Å². The van der Waals surface area contributed by atoms with Gasteiger partial charge in [0.1, 0.15) is 0 Å². The Morgan fingerprint density at radius 1 is 0.729 bits per heavy atom. The van der Waals surface area contributed by atoms with E-state index in [1.165, 1.54) is 0 Å². The molecule has 48 heavy (non-hydrogen) atoms. The Hall–Kier alpha value is -5.49. The third-order valence-electron chi connectivity index (χ3n) is 7.25. The maximum atomic E-state index is 13.2. The fourth-order valence-electron chi connectivity index (χ4n) is 4.96. The van der Waals surface area contributed by atoms with E-state index in [-0.39, 0.29) is 24.7 Å². The first-order chi connectivity index (χ1) is 22.9. The summed E-state index contributed by atoms with van der Waals surface area (Å²) in [7, 11) is 0. The Morgan fingerprint density at radius 2 is 1.31 bits per heavy atom. The highest BCUT2D eigenvalue weighted by atomic mass is 19.4. The number of hydrogen-bond donors (Lipinski definition) is 5. The van der Waals surface area contributed by atoms with Gasteiger partial charge in [-0.25, -0.2) is 9.59 Å². The predicted molar refractivity (Wildman–Crippen MR) is 174 cm³/mol. The van der Waals surface area contributed by atoms with Gasteiger partial charge < -0.3 is 26.6 Å². The topological polar surface area (TPSA) is 159 Å². The van der Waals surface area contributed by atoms with Crippen molar-refractivity contribution in [2.24, 2.45) is 5.73 Å². The molecule has 0 bridgehead atoms. The quantitative estimate of drug-likeness (QED) is 0.129. The minimum Gasteiger partial charge on any atom is -0.479 e. The Morgan fingerprint density at radius 3 is 1.92 bits per heavy atom. The highest BCUT2D eigenvalue weighted by Crippen LogP contribution is 2.30. The van der Waals surface area contributed by atoms with E-state index < -0.39 is 23.7 Å². The molecule has 2 amide bonds. The zero-order chi connectivity index (χ0) is 35.2. The lowest BCUT2D eigenvalue weighted by atomic mass is 9.82. The van der Waals surface area contributed by atoms with Crippen LogP contribution in [0.5, 0.6) is 0 Å². The number of alkyl halides is 3. The second-order valence-electron chi connectivity index (χ2n) is 10.7. The SMILES string of the molecule is NCCNC(=O)c1ccccc1-c1cccc(CC(NC(=O)CCCc2ccccc2)(C(=O)O)c2ccccc2)c1.O=C(O)C(F)(F)F. The van der Waals surface area contributed by atoms with Crippen molar-refractivity contribution >= 4 is 23.8 Å². The normalized spacial score (nSPS) is 12.1. The average Bonchev–Trinajstić information content (AvgIpc) is 3.07. The Bertz CT molecular complexity index is 1680. The van der Waals surface area contributed by atoms with Crippen LogP contribution in [0.25, 0.3) is 11.1 Å². The number of halogens is 3. The highest BCUT2D eigenvalue weighted by molar-refractivity contribution is 6.01. The zero-order valence-electron chi connectivity index (χ0n) is 25.9. The van der Waals surface area contributed by atoms with E-state index in [2.05, 4.69) is 10.6 Å². The molecule has 0 radical (unpaired) electrons. The van der Waals surface area contributed by atoms with Gasteiger partial charge in [0.25, 0.3) is 5.91 Å². The first-order valence-corrected chi connectivity index (χ1v) is 15.0. The summed E-state index contributed by atoms with van der Waals surface area (Å²) in [4.78, 5) is 47.8. The minimum atomic E-state index is -5.08. The largest absolute Gasteiger partial charge is 0.490 e. The molecule has 0 aliphatic rings. The highest BCUT2D eigenvalue weighted by Gasteiger charge is 2.42. The molecule has 0 saturated carbocycles. The van der Waals surface area contributed by atoms with Crippen LogP contribution in [0.4, 0.5) is 13.2 Å². The fraction of sp³-hybridized carbons (Fsp3) is 0.222. The van der Waals surface area contributed by atoms with Gasteiger partial charge in [-0.1, -0.05) is 103 Å². The molecule has 0 saturated heterocycles. The van der Waals surface area contributed by atoms with Crippen LogP contribution in [0.1, 0.15) is 39.9 Å². The molecular formula is C36H36F3N3O6. The van der Waals surface area contributed by atoms with Crippen LogP contribution < -0.4 is 16.4 Å². The Labute approximate surface area is 275 Å². The van der Waals surface area contributed by atoms with Gasteiger partial charge in [-0.2, -0.15) is 13.2 Å². The molecule has 4 aromatic rings. The molecule has 252 valence electrons. The average molecular weight is 664 g/mol. The lowest BCUT2D eigenvalue weighted by Crippen LogP contribution is -2.53. The molecule has 12 heteroatoms.